The van der Waals surface area contributed by atoms with E-state index in [1.165, 1.54) is 23.7 Å². The van der Waals surface area contributed by atoms with Crippen molar-refractivity contribution in [3.05, 3.63) is 71.6 Å². The Morgan fingerprint density at radius 1 is 1.00 bits per heavy atom. The lowest BCUT2D eigenvalue weighted by Gasteiger charge is -2.43. The summed E-state index contributed by atoms with van der Waals surface area (Å²) in [6.45, 7) is 6.38. The number of nitrogens with zero attached hydrogens (tertiary/aromatic N) is 3. The van der Waals surface area contributed by atoms with Gasteiger partial charge in [-0.25, -0.2) is 10.5 Å². The van der Waals surface area contributed by atoms with Crippen LogP contribution in [0.3, 0.4) is 0 Å². The minimum absolute atomic E-state index is 0.103. The molecule has 162 valence electrons. The van der Waals surface area contributed by atoms with Crippen molar-refractivity contribution in [2.75, 3.05) is 25.0 Å². The van der Waals surface area contributed by atoms with Gasteiger partial charge < -0.3 is 4.90 Å². The third kappa shape index (κ3) is 5.87. The first-order valence-electron chi connectivity index (χ1n) is 10.3. The number of benzene rings is 1. The zero-order valence-electron chi connectivity index (χ0n) is 18.0. The van der Waals surface area contributed by atoms with E-state index in [9.17, 15) is 9.59 Å². The highest BCUT2D eigenvalue weighted by Gasteiger charge is 2.26. The van der Waals surface area contributed by atoms with Gasteiger partial charge in [0.1, 0.15) is 0 Å². The van der Waals surface area contributed by atoms with E-state index in [4.69, 9.17) is 5.21 Å². The van der Waals surface area contributed by atoms with Gasteiger partial charge in [0.15, 0.2) is 5.78 Å². The summed E-state index contributed by atoms with van der Waals surface area (Å²) in [6, 6.07) is 13.9. The minimum Gasteiger partial charge on any atom is -0.368 e. The Morgan fingerprint density at radius 2 is 1.58 bits per heavy atom. The molecule has 1 aromatic heterocycles. The molecule has 7 nitrogen and oxygen atoms in total. The van der Waals surface area contributed by atoms with Crippen molar-refractivity contribution in [1.29, 1.82) is 0 Å². The highest BCUT2D eigenvalue weighted by molar-refractivity contribution is 6.06. The number of likely N-dealkylation sites (N-methyl/N-ethyl adjacent to an activating group) is 1. The number of anilines is 1. The summed E-state index contributed by atoms with van der Waals surface area (Å²) in [6.07, 6.45) is 5.78. The molecule has 1 aliphatic heterocycles. The number of carbonyl (C=O) groups is 2. The Bertz CT molecular complexity index is 973. The number of carbonyl (C=O) groups excluding carboxylic acids is 2. The number of piperazine rings is 1. The largest absolute Gasteiger partial charge is 0.368 e. The Kier molecular flexibility index (Phi) is 7.33. The van der Waals surface area contributed by atoms with Crippen LogP contribution in [0, 0.1) is 0 Å². The smallest absolute Gasteiger partial charge is 0.267 e. The van der Waals surface area contributed by atoms with Crippen molar-refractivity contribution >= 4 is 29.5 Å². The molecular formula is C24H28N4O3. The number of ketones is 1. The molecule has 0 radical (unpaired) electrons. The first-order valence-corrected chi connectivity index (χ1v) is 10.3. The molecule has 2 aromatic rings. The monoisotopic (exact) mass is 420 g/mol. The van der Waals surface area contributed by atoms with Gasteiger partial charge in [-0.15, -0.1) is 0 Å². The van der Waals surface area contributed by atoms with Gasteiger partial charge in [0, 0.05) is 42.5 Å². The minimum atomic E-state index is -0.637. The van der Waals surface area contributed by atoms with Crippen molar-refractivity contribution in [2.24, 2.45) is 0 Å². The van der Waals surface area contributed by atoms with Crippen LogP contribution < -0.4 is 10.4 Å². The topological polar surface area (TPSA) is 85.8 Å². The van der Waals surface area contributed by atoms with Crippen LogP contribution in [0.15, 0.2) is 54.6 Å². The Morgan fingerprint density at radius 3 is 2.16 bits per heavy atom. The summed E-state index contributed by atoms with van der Waals surface area (Å²) in [7, 11) is 2.16. The van der Waals surface area contributed by atoms with E-state index in [-0.39, 0.29) is 5.78 Å². The lowest BCUT2D eigenvalue weighted by Crippen LogP contribution is -2.55. The maximum atomic E-state index is 12.6. The van der Waals surface area contributed by atoms with Crippen molar-refractivity contribution in [2.45, 2.75) is 25.9 Å². The van der Waals surface area contributed by atoms with Gasteiger partial charge in [-0.2, -0.15) is 0 Å². The summed E-state index contributed by atoms with van der Waals surface area (Å²) in [4.78, 5) is 32.7. The van der Waals surface area contributed by atoms with Gasteiger partial charge in [0.25, 0.3) is 5.91 Å². The lowest BCUT2D eigenvalue weighted by atomic mass is 10.1. The Labute approximate surface area is 182 Å². The predicted octanol–water partition coefficient (Wildman–Crippen LogP) is 3.03. The molecule has 0 saturated carbocycles. The van der Waals surface area contributed by atoms with Crippen LogP contribution in [0.4, 0.5) is 5.69 Å². The van der Waals surface area contributed by atoms with Crippen LogP contribution in [-0.2, 0) is 4.79 Å². The maximum absolute atomic E-state index is 12.6. The van der Waals surface area contributed by atoms with E-state index < -0.39 is 5.91 Å². The molecule has 31 heavy (non-hydrogen) atoms. The number of hydroxylamine groups is 1. The molecular weight excluding hydrogens is 392 g/mol. The molecule has 0 aliphatic carbocycles. The number of hydrogen-bond acceptors (Lipinski definition) is 6. The van der Waals surface area contributed by atoms with Gasteiger partial charge in [-0.3, -0.25) is 19.7 Å². The lowest BCUT2D eigenvalue weighted by molar-refractivity contribution is -0.124. The van der Waals surface area contributed by atoms with Gasteiger partial charge >= 0.3 is 0 Å². The third-order valence-corrected chi connectivity index (χ3v) is 5.59. The highest BCUT2D eigenvalue weighted by atomic mass is 16.5. The fourth-order valence-corrected chi connectivity index (χ4v) is 3.56. The zero-order chi connectivity index (χ0) is 22.4. The first-order chi connectivity index (χ1) is 14.9. The Balaban J connectivity index is 1.65. The fourth-order valence-electron chi connectivity index (χ4n) is 3.56. The van der Waals surface area contributed by atoms with E-state index in [1.54, 1.807) is 24.3 Å². The van der Waals surface area contributed by atoms with Gasteiger partial charge in [0.05, 0.1) is 11.4 Å². The molecule has 7 heteroatoms. The maximum Gasteiger partial charge on any atom is 0.267 e. The molecule has 2 atom stereocenters. The zero-order valence-corrected chi connectivity index (χ0v) is 18.0. The summed E-state index contributed by atoms with van der Waals surface area (Å²) >= 11 is 0. The van der Waals surface area contributed by atoms with Gasteiger partial charge in [-0.1, -0.05) is 6.07 Å². The quantitative estimate of drug-likeness (QED) is 0.323. The molecule has 1 fully saturated rings. The molecule has 1 saturated heterocycles. The number of amides is 1. The SMILES string of the molecule is C[C@@H]1CN(c2ccc(C(=O)/C=C/c3cccc(/C=C/C(=O)NO)n3)cc2)C[C@H](C)N1C. The van der Waals surface area contributed by atoms with Crippen molar-refractivity contribution < 1.29 is 14.8 Å². The second-order valence-corrected chi connectivity index (χ2v) is 7.81. The second-order valence-electron chi connectivity index (χ2n) is 7.81. The van der Waals surface area contributed by atoms with E-state index in [0.29, 0.717) is 29.0 Å². The summed E-state index contributed by atoms with van der Waals surface area (Å²) in [5, 5.41) is 8.52. The number of hydrogen-bond donors (Lipinski definition) is 2. The van der Waals surface area contributed by atoms with E-state index >= 15 is 0 Å². The molecule has 2 N–H and O–H groups in total. The Hall–Kier alpha value is -3.29. The van der Waals surface area contributed by atoms with Crippen LogP contribution in [0.25, 0.3) is 12.2 Å². The number of pyridine rings is 1. The van der Waals surface area contributed by atoms with Crippen molar-refractivity contribution in [3.8, 4) is 0 Å². The van der Waals surface area contributed by atoms with Crippen LogP contribution >= 0.6 is 0 Å². The van der Waals surface area contributed by atoms with Crippen LogP contribution in [-0.4, -0.2) is 59.0 Å². The van der Waals surface area contributed by atoms with E-state index in [2.05, 4.69) is 35.7 Å². The molecule has 1 aliphatic rings. The van der Waals surface area contributed by atoms with Crippen LogP contribution in [0.5, 0.6) is 0 Å². The van der Waals surface area contributed by atoms with Crippen LogP contribution in [0.2, 0.25) is 0 Å². The number of allylic oxidation sites excluding steroid dienone is 1. The normalized spacial score (nSPS) is 19.8. The predicted molar refractivity (Wildman–Crippen MR) is 122 cm³/mol. The molecule has 3 rings (SSSR count). The third-order valence-electron chi connectivity index (χ3n) is 5.59. The van der Waals surface area contributed by atoms with Gasteiger partial charge in [-0.05, 0) is 75.5 Å². The average molecular weight is 421 g/mol. The standard InChI is InChI=1S/C24H28N4O3/c1-17-15-28(16-18(2)27(17)3)22-11-7-19(8-12-22)23(29)13-9-20-5-4-6-21(25-20)10-14-24(30)26-31/h4-14,17-18,31H,15-16H2,1-3H3,(H,26,30)/b13-9+,14-10+/t17-,18+. The summed E-state index contributed by atoms with van der Waals surface area (Å²) in [5.41, 5.74) is 4.40. The van der Waals surface area contributed by atoms with E-state index in [1.807, 2.05) is 24.3 Å². The summed E-state index contributed by atoms with van der Waals surface area (Å²) < 4.78 is 0. The second kappa shape index (κ2) is 10.1. The van der Waals surface area contributed by atoms with Crippen LogP contribution in [0.1, 0.15) is 35.6 Å². The highest BCUT2D eigenvalue weighted by Crippen LogP contribution is 2.22. The number of nitrogens with one attached hydrogen (secondary N) is 1. The average Bonchev–Trinajstić information content (AvgIpc) is 2.79. The van der Waals surface area contributed by atoms with Crippen molar-refractivity contribution in [3.63, 3.8) is 0 Å². The number of rotatable bonds is 6. The molecule has 2 heterocycles. The molecule has 0 unspecified atom stereocenters. The van der Waals surface area contributed by atoms with Crippen molar-refractivity contribution in [1.82, 2.24) is 15.4 Å². The summed E-state index contributed by atoms with van der Waals surface area (Å²) in [5.74, 6) is -0.740. The molecule has 1 amide bonds. The first kappa shape index (κ1) is 22.4. The van der Waals surface area contributed by atoms with E-state index in [0.717, 1.165) is 18.8 Å². The molecule has 0 spiro atoms. The number of aromatic nitrogens is 1. The molecule has 0 bridgehead atoms. The van der Waals surface area contributed by atoms with Gasteiger partial charge in [0.2, 0.25) is 0 Å². The molecule has 1 aromatic carbocycles. The fraction of sp³-hybridized carbons (Fsp3) is 0.292.